The van der Waals surface area contributed by atoms with E-state index in [1.54, 1.807) is 24.3 Å². The fraction of sp³-hybridized carbons (Fsp3) is 0.0714. The van der Waals surface area contributed by atoms with Gasteiger partial charge in [-0.2, -0.15) is 0 Å². The van der Waals surface area contributed by atoms with E-state index >= 15 is 0 Å². The highest BCUT2D eigenvalue weighted by molar-refractivity contribution is 9.10. The number of benzene rings is 2. The molecule has 7 heteroatoms. The number of rotatable bonds is 4. The highest BCUT2D eigenvalue weighted by Gasteiger charge is 2.19. The Hall–Kier alpha value is -2.41. The summed E-state index contributed by atoms with van der Waals surface area (Å²) in [5, 5.41) is 13.5. The summed E-state index contributed by atoms with van der Waals surface area (Å²) in [4.78, 5) is 22.0. The predicted molar refractivity (Wildman–Crippen MR) is 80.7 cm³/mol. The number of nitro groups is 1. The van der Waals surface area contributed by atoms with Crippen LogP contribution in [0.25, 0.3) is 0 Å². The maximum absolute atomic E-state index is 11.5. The molecule has 0 radical (unpaired) electrons. The number of halogens is 1. The third-order valence-electron chi connectivity index (χ3n) is 2.69. The van der Waals surface area contributed by atoms with Crippen LogP contribution >= 0.6 is 15.9 Å². The quantitative estimate of drug-likeness (QED) is 0.675. The zero-order valence-electron chi connectivity index (χ0n) is 11.0. The van der Waals surface area contributed by atoms with E-state index < -0.39 is 10.8 Å². The van der Waals surface area contributed by atoms with Crippen molar-refractivity contribution in [1.82, 2.24) is 5.32 Å². The summed E-state index contributed by atoms with van der Waals surface area (Å²) < 4.78 is 6.37. The molecule has 0 aliphatic rings. The van der Waals surface area contributed by atoms with E-state index in [1.807, 2.05) is 0 Å². The lowest BCUT2D eigenvalue weighted by atomic mass is 10.1. The lowest BCUT2D eigenvalue weighted by Crippen LogP contribution is -2.17. The van der Waals surface area contributed by atoms with E-state index in [1.165, 1.54) is 25.2 Å². The van der Waals surface area contributed by atoms with Crippen LogP contribution in [0.1, 0.15) is 10.4 Å². The molecule has 1 amide bonds. The van der Waals surface area contributed by atoms with Gasteiger partial charge in [0.05, 0.1) is 4.92 Å². The van der Waals surface area contributed by atoms with Gasteiger partial charge in [-0.1, -0.05) is 15.9 Å². The molecule has 6 nitrogen and oxygen atoms in total. The third-order valence-corrected chi connectivity index (χ3v) is 3.21. The number of carbonyl (C=O) groups is 1. The Bertz CT molecular complexity index is 686. The molecule has 0 saturated carbocycles. The lowest BCUT2D eigenvalue weighted by Gasteiger charge is -2.07. The van der Waals surface area contributed by atoms with Crippen molar-refractivity contribution in [2.75, 3.05) is 7.05 Å². The minimum absolute atomic E-state index is 0.0787. The van der Waals surface area contributed by atoms with E-state index in [4.69, 9.17) is 4.74 Å². The molecule has 0 atom stereocenters. The molecule has 2 rings (SSSR count). The molecule has 0 heterocycles. The summed E-state index contributed by atoms with van der Waals surface area (Å²) in [6.45, 7) is 0. The van der Waals surface area contributed by atoms with Gasteiger partial charge in [0.15, 0.2) is 0 Å². The molecular weight excluding hydrogens is 340 g/mol. The molecule has 2 aromatic rings. The Kier molecular flexibility index (Phi) is 4.54. The Morgan fingerprint density at radius 3 is 2.48 bits per heavy atom. The van der Waals surface area contributed by atoms with E-state index in [9.17, 15) is 14.9 Å². The zero-order chi connectivity index (χ0) is 15.4. The Labute approximate surface area is 129 Å². The van der Waals surface area contributed by atoms with Gasteiger partial charge in [-0.25, -0.2) is 0 Å². The van der Waals surface area contributed by atoms with E-state index in [2.05, 4.69) is 21.2 Å². The van der Waals surface area contributed by atoms with Crippen molar-refractivity contribution in [3.63, 3.8) is 0 Å². The smallest absolute Gasteiger partial charge is 0.312 e. The van der Waals surface area contributed by atoms with Crippen LogP contribution in [0.3, 0.4) is 0 Å². The Morgan fingerprint density at radius 2 is 1.90 bits per heavy atom. The van der Waals surface area contributed by atoms with Crippen molar-refractivity contribution >= 4 is 27.5 Å². The summed E-state index contributed by atoms with van der Waals surface area (Å²) in [6.07, 6.45) is 0. The maximum atomic E-state index is 11.5. The summed E-state index contributed by atoms with van der Waals surface area (Å²) in [7, 11) is 1.46. The van der Waals surface area contributed by atoms with Crippen molar-refractivity contribution in [2.45, 2.75) is 0 Å². The van der Waals surface area contributed by atoms with E-state index in [0.717, 1.165) is 4.47 Å². The van der Waals surface area contributed by atoms with E-state index in [0.29, 0.717) is 5.75 Å². The minimum Gasteiger partial charge on any atom is -0.450 e. The molecule has 108 valence electrons. The van der Waals surface area contributed by atoms with Crippen LogP contribution in [0.5, 0.6) is 11.5 Å². The Balaban J connectivity index is 2.36. The van der Waals surface area contributed by atoms with Crippen LogP contribution in [-0.4, -0.2) is 17.9 Å². The van der Waals surface area contributed by atoms with Crippen LogP contribution < -0.4 is 10.1 Å². The number of ether oxygens (including phenoxy) is 1. The molecule has 2 aromatic carbocycles. The first-order valence-corrected chi connectivity index (χ1v) is 6.74. The molecule has 1 N–H and O–H groups in total. The lowest BCUT2D eigenvalue weighted by molar-refractivity contribution is -0.385. The van der Waals surface area contributed by atoms with Crippen molar-refractivity contribution in [2.24, 2.45) is 0 Å². The fourth-order valence-electron chi connectivity index (χ4n) is 1.66. The largest absolute Gasteiger partial charge is 0.450 e. The average molecular weight is 351 g/mol. The van der Waals surface area contributed by atoms with Gasteiger partial charge in [0.25, 0.3) is 5.91 Å². The summed E-state index contributed by atoms with van der Waals surface area (Å²) >= 11 is 3.29. The van der Waals surface area contributed by atoms with Gasteiger partial charge in [0.1, 0.15) is 5.75 Å². The summed E-state index contributed by atoms with van der Waals surface area (Å²) in [6, 6.07) is 11.0. The van der Waals surface area contributed by atoms with Crippen LogP contribution in [0.2, 0.25) is 0 Å². The first-order chi connectivity index (χ1) is 10.0. The Morgan fingerprint density at radius 1 is 1.24 bits per heavy atom. The first-order valence-electron chi connectivity index (χ1n) is 5.95. The van der Waals surface area contributed by atoms with Gasteiger partial charge < -0.3 is 10.1 Å². The second-order valence-corrected chi connectivity index (χ2v) is 4.99. The van der Waals surface area contributed by atoms with Crippen LogP contribution in [-0.2, 0) is 0 Å². The van der Waals surface area contributed by atoms with Gasteiger partial charge in [0, 0.05) is 23.2 Å². The van der Waals surface area contributed by atoms with Crippen molar-refractivity contribution in [3.8, 4) is 11.5 Å². The molecule has 0 fully saturated rings. The number of nitro benzene ring substituents is 1. The van der Waals surface area contributed by atoms with E-state index in [-0.39, 0.29) is 17.0 Å². The molecule has 0 saturated heterocycles. The topological polar surface area (TPSA) is 81.5 Å². The van der Waals surface area contributed by atoms with Gasteiger partial charge >= 0.3 is 5.69 Å². The monoisotopic (exact) mass is 350 g/mol. The maximum Gasteiger partial charge on any atom is 0.312 e. The number of hydrogen-bond donors (Lipinski definition) is 1. The number of nitrogens with zero attached hydrogens (tertiary/aromatic N) is 1. The molecule has 0 bridgehead atoms. The normalized spacial score (nSPS) is 10.0. The number of nitrogens with one attached hydrogen (secondary N) is 1. The van der Waals surface area contributed by atoms with Gasteiger partial charge in [0.2, 0.25) is 5.75 Å². The minimum atomic E-state index is -0.583. The van der Waals surface area contributed by atoms with Crippen molar-refractivity contribution < 1.29 is 14.5 Å². The number of carbonyl (C=O) groups excluding carboxylic acids is 1. The molecule has 0 aliphatic heterocycles. The first kappa shape index (κ1) is 15.0. The fourth-order valence-corrected chi connectivity index (χ4v) is 1.93. The summed E-state index contributed by atoms with van der Waals surface area (Å²) in [5.74, 6) is 0.150. The molecule has 0 aromatic heterocycles. The van der Waals surface area contributed by atoms with Crippen LogP contribution in [0, 0.1) is 10.1 Å². The van der Waals surface area contributed by atoms with Crippen LogP contribution in [0.4, 0.5) is 5.69 Å². The van der Waals surface area contributed by atoms with Crippen molar-refractivity contribution in [1.29, 1.82) is 0 Å². The SMILES string of the molecule is CNC(=O)c1ccc(Oc2ccc(Br)cc2)c([N+](=O)[O-])c1. The van der Waals surface area contributed by atoms with Gasteiger partial charge in [-0.15, -0.1) is 0 Å². The molecular formula is C14H11BrN2O4. The predicted octanol–water partition coefficient (Wildman–Crippen LogP) is 3.51. The highest BCUT2D eigenvalue weighted by atomic mass is 79.9. The molecule has 21 heavy (non-hydrogen) atoms. The van der Waals surface area contributed by atoms with Gasteiger partial charge in [-0.05, 0) is 36.4 Å². The molecule has 0 spiro atoms. The highest BCUT2D eigenvalue weighted by Crippen LogP contribution is 2.32. The molecule has 0 unspecified atom stereocenters. The second kappa shape index (κ2) is 6.36. The average Bonchev–Trinajstić information content (AvgIpc) is 2.49. The third kappa shape index (κ3) is 3.57. The zero-order valence-corrected chi connectivity index (χ0v) is 12.6. The van der Waals surface area contributed by atoms with Crippen LogP contribution in [0.15, 0.2) is 46.9 Å². The molecule has 0 aliphatic carbocycles. The van der Waals surface area contributed by atoms with Crippen molar-refractivity contribution in [3.05, 3.63) is 62.6 Å². The number of amides is 1. The summed E-state index contributed by atoms with van der Waals surface area (Å²) in [5.41, 5.74) is -0.0635. The number of hydrogen-bond acceptors (Lipinski definition) is 4. The standard InChI is InChI=1S/C14H11BrN2O4/c1-16-14(18)9-2-7-13(12(8-9)17(19)20)21-11-5-3-10(15)4-6-11/h2-8H,1H3,(H,16,18). The second-order valence-electron chi connectivity index (χ2n) is 4.07. The van der Waals surface area contributed by atoms with Gasteiger partial charge in [-0.3, -0.25) is 14.9 Å².